The van der Waals surface area contributed by atoms with E-state index < -0.39 is 0 Å². The summed E-state index contributed by atoms with van der Waals surface area (Å²) in [6.07, 6.45) is 0. The van der Waals surface area contributed by atoms with Crippen LogP contribution in [0, 0.1) is 6.92 Å². The van der Waals surface area contributed by atoms with E-state index in [9.17, 15) is 4.79 Å². The lowest BCUT2D eigenvalue weighted by atomic mass is 10.1. The summed E-state index contributed by atoms with van der Waals surface area (Å²) in [7, 11) is 1.73. The summed E-state index contributed by atoms with van der Waals surface area (Å²) in [6, 6.07) is 12.6. The number of aryl methyl sites for hydroxylation is 1. The van der Waals surface area contributed by atoms with Gasteiger partial charge in [-0.15, -0.1) is 0 Å². The third-order valence-electron chi connectivity index (χ3n) is 2.92. The Balaban J connectivity index is 2.33. The van der Waals surface area contributed by atoms with E-state index in [-0.39, 0.29) is 5.91 Å². The zero-order valence-electron chi connectivity index (χ0n) is 10.9. The van der Waals surface area contributed by atoms with Gasteiger partial charge in [-0.1, -0.05) is 23.7 Å². The summed E-state index contributed by atoms with van der Waals surface area (Å²) in [5.41, 5.74) is 8.54. The average Bonchev–Trinajstić information content (AvgIpc) is 2.37. The van der Waals surface area contributed by atoms with Crippen LogP contribution in [0.5, 0.6) is 0 Å². The number of benzene rings is 2. The lowest BCUT2D eigenvalue weighted by Gasteiger charge is -2.18. The van der Waals surface area contributed by atoms with Crippen LogP contribution < -0.4 is 10.6 Å². The molecular formula is C15H15ClN2O. The Morgan fingerprint density at radius 1 is 1.21 bits per heavy atom. The predicted molar refractivity (Wildman–Crippen MR) is 79.8 cm³/mol. The molecule has 0 fully saturated rings. The molecule has 98 valence electrons. The zero-order chi connectivity index (χ0) is 14.0. The number of hydrogen-bond donors (Lipinski definition) is 1. The van der Waals surface area contributed by atoms with Crippen LogP contribution in [0.4, 0.5) is 11.4 Å². The predicted octanol–water partition coefficient (Wildman–Crippen LogP) is 3.51. The molecule has 3 nitrogen and oxygen atoms in total. The van der Waals surface area contributed by atoms with E-state index in [2.05, 4.69) is 0 Å². The summed E-state index contributed by atoms with van der Waals surface area (Å²) in [5.74, 6) is -0.157. The van der Waals surface area contributed by atoms with Crippen LogP contribution in [0.1, 0.15) is 15.9 Å². The van der Waals surface area contributed by atoms with Gasteiger partial charge in [-0.3, -0.25) is 4.79 Å². The normalized spacial score (nSPS) is 10.3. The molecule has 0 saturated carbocycles. The lowest BCUT2D eigenvalue weighted by molar-refractivity contribution is 0.0993. The Bertz CT molecular complexity index is 625. The number of anilines is 2. The molecule has 0 heterocycles. The van der Waals surface area contributed by atoms with Gasteiger partial charge in [0.15, 0.2) is 0 Å². The van der Waals surface area contributed by atoms with Gasteiger partial charge in [0.05, 0.1) is 10.6 Å². The first kappa shape index (κ1) is 13.4. The van der Waals surface area contributed by atoms with E-state index >= 15 is 0 Å². The fraction of sp³-hybridized carbons (Fsp3) is 0.133. The Kier molecular flexibility index (Phi) is 3.76. The van der Waals surface area contributed by atoms with Gasteiger partial charge in [-0.25, -0.2) is 0 Å². The minimum Gasteiger partial charge on any atom is -0.399 e. The fourth-order valence-electron chi connectivity index (χ4n) is 1.84. The van der Waals surface area contributed by atoms with E-state index in [0.29, 0.717) is 16.3 Å². The highest BCUT2D eigenvalue weighted by atomic mass is 35.5. The number of rotatable bonds is 2. The third kappa shape index (κ3) is 2.88. The highest BCUT2D eigenvalue weighted by Crippen LogP contribution is 2.23. The monoisotopic (exact) mass is 274 g/mol. The minimum absolute atomic E-state index is 0.157. The SMILES string of the molecule is Cc1cccc(N(C)C(=O)c2ccc(N)cc2Cl)c1. The topological polar surface area (TPSA) is 46.3 Å². The molecule has 0 spiro atoms. The van der Waals surface area contributed by atoms with E-state index in [4.69, 9.17) is 17.3 Å². The molecule has 2 aromatic rings. The van der Waals surface area contributed by atoms with Crippen molar-refractivity contribution in [2.75, 3.05) is 17.7 Å². The van der Waals surface area contributed by atoms with Crippen molar-refractivity contribution >= 4 is 28.9 Å². The first-order chi connectivity index (χ1) is 8.99. The second kappa shape index (κ2) is 5.33. The van der Waals surface area contributed by atoms with Gasteiger partial charge in [0.25, 0.3) is 5.91 Å². The first-order valence-electron chi connectivity index (χ1n) is 5.89. The van der Waals surface area contributed by atoms with Gasteiger partial charge >= 0.3 is 0 Å². The molecule has 0 bridgehead atoms. The van der Waals surface area contributed by atoms with Crippen molar-refractivity contribution in [3.05, 3.63) is 58.6 Å². The Morgan fingerprint density at radius 3 is 2.58 bits per heavy atom. The number of hydrogen-bond acceptors (Lipinski definition) is 2. The maximum Gasteiger partial charge on any atom is 0.259 e. The van der Waals surface area contributed by atoms with Crippen molar-refractivity contribution in [1.29, 1.82) is 0 Å². The standard InChI is InChI=1S/C15H15ClN2O/c1-10-4-3-5-12(8-10)18(2)15(19)13-7-6-11(17)9-14(13)16/h3-9H,17H2,1-2H3. The van der Waals surface area contributed by atoms with Crippen molar-refractivity contribution in [3.63, 3.8) is 0 Å². The smallest absolute Gasteiger partial charge is 0.259 e. The number of nitrogens with zero attached hydrogens (tertiary/aromatic N) is 1. The van der Waals surface area contributed by atoms with E-state index in [0.717, 1.165) is 11.3 Å². The van der Waals surface area contributed by atoms with Crippen molar-refractivity contribution in [3.8, 4) is 0 Å². The molecule has 4 heteroatoms. The molecule has 0 radical (unpaired) electrons. The van der Waals surface area contributed by atoms with Gasteiger partial charge in [0.2, 0.25) is 0 Å². The highest BCUT2D eigenvalue weighted by Gasteiger charge is 2.16. The van der Waals surface area contributed by atoms with Crippen LogP contribution >= 0.6 is 11.6 Å². The molecule has 0 unspecified atom stereocenters. The number of nitrogens with two attached hydrogens (primary N) is 1. The van der Waals surface area contributed by atoms with Gasteiger partial charge < -0.3 is 10.6 Å². The Labute approximate surface area is 117 Å². The van der Waals surface area contributed by atoms with E-state index in [1.165, 1.54) is 0 Å². The number of halogens is 1. The molecule has 19 heavy (non-hydrogen) atoms. The molecule has 0 atom stereocenters. The second-order valence-corrected chi connectivity index (χ2v) is 4.85. The van der Waals surface area contributed by atoms with Crippen LogP contribution in [0.2, 0.25) is 5.02 Å². The summed E-state index contributed by atoms with van der Waals surface area (Å²) in [5, 5.41) is 0.365. The van der Waals surface area contributed by atoms with Crippen molar-refractivity contribution in [2.45, 2.75) is 6.92 Å². The summed E-state index contributed by atoms with van der Waals surface area (Å²) in [6.45, 7) is 1.98. The summed E-state index contributed by atoms with van der Waals surface area (Å²) >= 11 is 6.06. The molecule has 0 aromatic heterocycles. The van der Waals surface area contributed by atoms with Crippen LogP contribution in [0.25, 0.3) is 0 Å². The maximum atomic E-state index is 12.4. The maximum absolute atomic E-state index is 12.4. The van der Waals surface area contributed by atoms with Crippen molar-refractivity contribution in [1.82, 2.24) is 0 Å². The molecule has 0 saturated heterocycles. The van der Waals surface area contributed by atoms with E-state index in [1.54, 1.807) is 30.1 Å². The van der Waals surface area contributed by atoms with Crippen LogP contribution in [-0.4, -0.2) is 13.0 Å². The van der Waals surface area contributed by atoms with Crippen molar-refractivity contribution in [2.24, 2.45) is 0 Å². The average molecular weight is 275 g/mol. The molecule has 0 aliphatic rings. The largest absolute Gasteiger partial charge is 0.399 e. The molecule has 0 aliphatic heterocycles. The lowest BCUT2D eigenvalue weighted by Crippen LogP contribution is -2.26. The summed E-state index contributed by atoms with van der Waals surface area (Å²) < 4.78 is 0. The molecule has 2 aromatic carbocycles. The Morgan fingerprint density at radius 2 is 1.95 bits per heavy atom. The third-order valence-corrected chi connectivity index (χ3v) is 3.23. The molecule has 1 amide bonds. The molecule has 2 N–H and O–H groups in total. The molecule has 2 rings (SSSR count). The van der Waals surface area contributed by atoms with Gasteiger partial charge in [-0.2, -0.15) is 0 Å². The fourth-order valence-corrected chi connectivity index (χ4v) is 2.11. The number of amides is 1. The van der Waals surface area contributed by atoms with Gasteiger partial charge in [0.1, 0.15) is 0 Å². The minimum atomic E-state index is -0.157. The summed E-state index contributed by atoms with van der Waals surface area (Å²) in [4.78, 5) is 14.0. The highest BCUT2D eigenvalue weighted by molar-refractivity contribution is 6.34. The van der Waals surface area contributed by atoms with Crippen LogP contribution in [-0.2, 0) is 0 Å². The van der Waals surface area contributed by atoms with Gasteiger partial charge in [-0.05, 0) is 42.8 Å². The zero-order valence-corrected chi connectivity index (χ0v) is 11.6. The number of carbonyl (C=O) groups is 1. The quantitative estimate of drug-likeness (QED) is 0.852. The number of nitrogen functional groups attached to an aromatic ring is 1. The van der Waals surface area contributed by atoms with Gasteiger partial charge in [0, 0.05) is 18.4 Å². The first-order valence-corrected chi connectivity index (χ1v) is 6.26. The molecular weight excluding hydrogens is 260 g/mol. The second-order valence-electron chi connectivity index (χ2n) is 4.44. The van der Waals surface area contributed by atoms with E-state index in [1.807, 2.05) is 31.2 Å². The van der Waals surface area contributed by atoms with Crippen LogP contribution in [0.3, 0.4) is 0 Å². The van der Waals surface area contributed by atoms with Crippen molar-refractivity contribution < 1.29 is 4.79 Å². The molecule has 0 aliphatic carbocycles. The number of carbonyl (C=O) groups excluding carboxylic acids is 1. The Hall–Kier alpha value is -2.00. The van der Waals surface area contributed by atoms with Crippen LogP contribution in [0.15, 0.2) is 42.5 Å².